The molecule has 0 aliphatic carbocycles. The van der Waals surface area contributed by atoms with Crippen LogP contribution in [0.25, 0.3) is 0 Å². The SMILES string of the molecule is COc1ccc(NC(=O)c2cccnc2)cc1C(C)(C)C. The van der Waals surface area contributed by atoms with E-state index in [2.05, 4.69) is 31.1 Å². The molecule has 110 valence electrons. The van der Waals surface area contributed by atoms with Crippen LogP contribution in [0.4, 0.5) is 5.69 Å². The van der Waals surface area contributed by atoms with Crippen molar-refractivity contribution < 1.29 is 9.53 Å². The molecule has 0 aliphatic heterocycles. The van der Waals surface area contributed by atoms with Gasteiger partial charge in [0.2, 0.25) is 0 Å². The molecule has 1 heterocycles. The Labute approximate surface area is 125 Å². The molecule has 0 spiro atoms. The van der Waals surface area contributed by atoms with Crippen LogP contribution in [0.15, 0.2) is 42.7 Å². The summed E-state index contributed by atoms with van der Waals surface area (Å²) in [7, 11) is 1.65. The topological polar surface area (TPSA) is 51.2 Å². The molecule has 0 atom stereocenters. The summed E-state index contributed by atoms with van der Waals surface area (Å²) in [5.74, 6) is 0.648. The van der Waals surface area contributed by atoms with Crippen LogP contribution in [0.5, 0.6) is 5.75 Å². The zero-order chi connectivity index (χ0) is 15.5. The highest BCUT2D eigenvalue weighted by Crippen LogP contribution is 2.33. The molecule has 0 fully saturated rings. The van der Waals surface area contributed by atoms with Crippen molar-refractivity contribution >= 4 is 11.6 Å². The Balaban J connectivity index is 2.28. The van der Waals surface area contributed by atoms with Gasteiger partial charge in [-0.1, -0.05) is 20.8 Å². The third kappa shape index (κ3) is 3.60. The van der Waals surface area contributed by atoms with Gasteiger partial charge in [-0.05, 0) is 35.7 Å². The van der Waals surface area contributed by atoms with Crippen molar-refractivity contribution in [3.63, 3.8) is 0 Å². The van der Waals surface area contributed by atoms with Gasteiger partial charge >= 0.3 is 0 Å². The summed E-state index contributed by atoms with van der Waals surface area (Å²) >= 11 is 0. The zero-order valence-corrected chi connectivity index (χ0v) is 12.8. The van der Waals surface area contributed by atoms with Crippen LogP contribution in [0.3, 0.4) is 0 Å². The quantitative estimate of drug-likeness (QED) is 0.936. The normalized spacial score (nSPS) is 11.0. The molecule has 0 unspecified atom stereocenters. The number of methoxy groups -OCH3 is 1. The summed E-state index contributed by atoms with van der Waals surface area (Å²) < 4.78 is 5.39. The molecule has 21 heavy (non-hydrogen) atoms. The predicted molar refractivity (Wildman–Crippen MR) is 83.9 cm³/mol. The zero-order valence-electron chi connectivity index (χ0n) is 12.8. The van der Waals surface area contributed by atoms with Crippen LogP contribution < -0.4 is 10.1 Å². The Morgan fingerprint density at radius 3 is 2.57 bits per heavy atom. The van der Waals surface area contributed by atoms with Gasteiger partial charge in [0.25, 0.3) is 5.91 Å². The van der Waals surface area contributed by atoms with E-state index in [1.807, 2.05) is 18.2 Å². The summed E-state index contributed by atoms with van der Waals surface area (Å²) in [6.45, 7) is 6.33. The van der Waals surface area contributed by atoms with Gasteiger partial charge in [0.05, 0.1) is 12.7 Å². The number of carbonyl (C=O) groups is 1. The number of pyridine rings is 1. The number of nitrogens with one attached hydrogen (secondary N) is 1. The average molecular weight is 284 g/mol. The number of ether oxygens (including phenoxy) is 1. The van der Waals surface area contributed by atoms with Gasteiger partial charge in [0, 0.05) is 23.6 Å². The van der Waals surface area contributed by atoms with Crippen molar-refractivity contribution in [3.05, 3.63) is 53.9 Å². The van der Waals surface area contributed by atoms with Gasteiger partial charge in [-0.3, -0.25) is 9.78 Å². The van der Waals surface area contributed by atoms with E-state index < -0.39 is 0 Å². The van der Waals surface area contributed by atoms with Gasteiger partial charge in [-0.2, -0.15) is 0 Å². The number of hydrogen-bond donors (Lipinski definition) is 1. The number of aromatic nitrogens is 1. The number of hydrogen-bond acceptors (Lipinski definition) is 3. The maximum Gasteiger partial charge on any atom is 0.257 e. The first-order valence-electron chi connectivity index (χ1n) is 6.81. The van der Waals surface area contributed by atoms with Gasteiger partial charge in [0.1, 0.15) is 5.75 Å². The number of carbonyl (C=O) groups excluding carboxylic acids is 1. The van der Waals surface area contributed by atoms with Crippen molar-refractivity contribution in [2.75, 3.05) is 12.4 Å². The van der Waals surface area contributed by atoms with Gasteiger partial charge in [-0.15, -0.1) is 0 Å². The summed E-state index contributed by atoms with van der Waals surface area (Å²) in [6, 6.07) is 9.13. The van der Waals surface area contributed by atoms with E-state index in [1.165, 1.54) is 0 Å². The van der Waals surface area contributed by atoms with E-state index in [0.29, 0.717) is 5.56 Å². The first-order valence-corrected chi connectivity index (χ1v) is 6.81. The highest BCUT2D eigenvalue weighted by molar-refractivity contribution is 6.04. The first-order chi connectivity index (χ1) is 9.91. The number of amides is 1. The molecule has 1 aromatic carbocycles. The minimum atomic E-state index is -0.173. The lowest BCUT2D eigenvalue weighted by molar-refractivity contribution is 0.102. The Bertz CT molecular complexity index is 631. The monoisotopic (exact) mass is 284 g/mol. The van der Waals surface area contributed by atoms with E-state index >= 15 is 0 Å². The molecule has 1 amide bonds. The lowest BCUT2D eigenvalue weighted by Gasteiger charge is -2.23. The van der Waals surface area contributed by atoms with Gasteiger partial charge in [0.15, 0.2) is 0 Å². The number of rotatable bonds is 3. The van der Waals surface area contributed by atoms with Gasteiger partial charge < -0.3 is 10.1 Å². The minimum absolute atomic E-state index is 0.0691. The van der Waals surface area contributed by atoms with Crippen LogP contribution in [0.2, 0.25) is 0 Å². The van der Waals surface area contributed by atoms with Crippen LogP contribution in [0, 0.1) is 0 Å². The fourth-order valence-corrected chi connectivity index (χ4v) is 2.07. The van der Waals surface area contributed by atoms with E-state index in [4.69, 9.17) is 4.74 Å². The number of nitrogens with zero attached hydrogens (tertiary/aromatic N) is 1. The molecule has 2 aromatic rings. The largest absolute Gasteiger partial charge is 0.496 e. The van der Waals surface area contributed by atoms with Crippen molar-refractivity contribution in [1.29, 1.82) is 0 Å². The smallest absolute Gasteiger partial charge is 0.257 e. The molecule has 0 saturated heterocycles. The molecule has 4 nitrogen and oxygen atoms in total. The van der Waals surface area contributed by atoms with Crippen LogP contribution in [-0.2, 0) is 5.41 Å². The third-order valence-electron chi connectivity index (χ3n) is 3.19. The Morgan fingerprint density at radius 1 is 1.24 bits per heavy atom. The molecule has 1 aromatic heterocycles. The molecule has 4 heteroatoms. The Morgan fingerprint density at radius 2 is 2.00 bits per heavy atom. The summed E-state index contributed by atoms with van der Waals surface area (Å²) in [5.41, 5.74) is 2.26. The number of anilines is 1. The molecule has 2 rings (SSSR count). The van der Waals surface area contributed by atoms with E-state index in [0.717, 1.165) is 17.0 Å². The Hall–Kier alpha value is -2.36. The fourth-order valence-electron chi connectivity index (χ4n) is 2.07. The summed E-state index contributed by atoms with van der Waals surface area (Å²) in [4.78, 5) is 16.1. The molecule has 0 aliphatic rings. The van der Waals surface area contributed by atoms with Crippen molar-refractivity contribution in [2.24, 2.45) is 0 Å². The lowest BCUT2D eigenvalue weighted by atomic mass is 9.86. The van der Waals surface area contributed by atoms with Crippen LogP contribution >= 0.6 is 0 Å². The van der Waals surface area contributed by atoms with Crippen LogP contribution in [0.1, 0.15) is 36.7 Å². The van der Waals surface area contributed by atoms with E-state index in [9.17, 15) is 4.79 Å². The highest BCUT2D eigenvalue weighted by atomic mass is 16.5. The molecule has 0 saturated carbocycles. The second-order valence-electron chi connectivity index (χ2n) is 5.86. The second kappa shape index (κ2) is 5.95. The van der Waals surface area contributed by atoms with Crippen LogP contribution in [-0.4, -0.2) is 18.0 Å². The summed E-state index contributed by atoms with van der Waals surface area (Å²) in [5, 5.41) is 2.89. The van der Waals surface area contributed by atoms with E-state index in [1.54, 1.807) is 31.6 Å². The third-order valence-corrected chi connectivity index (χ3v) is 3.19. The second-order valence-corrected chi connectivity index (χ2v) is 5.86. The average Bonchev–Trinajstić information content (AvgIpc) is 2.47. The van der Waals surface area contributed by atoms with Crippen molar-refractivity contribution in [2.45, 2.75) is 26.2 Å². The molecular formula is C17H20N2O2. The minimum Gasteiger partial charge on any atom is -0.496 e. The summed E-state index contributed by atoms with van der Waals surface area (Å²) in [6.07, 6.45) is 3.19. The lowest BCUT2D eigenvalue weighted by Crippen LogP contribution is -2.16. The Kier molecular flexibility index (Phi) is 4.26. The standard InChI is InChI=1S/C17H20N2O2/c1-17(2,3)14-10-13(7-8-15(14)21-4)19-16(20)12-6-5-9-18-11-12/h5-11H,1-4H3,(H,19,20). The molecule has 0 radical (unpaired) electrons. The van der Waals surface area contributed by atoms with Crippen molar-refractivity contribution in [1.82, 2.24) is 4.98 Å². The molecule has 0 bridgehead atoms. The molecular weight excluding hydrogens is 264 g/mol. The molecule has 1 N–H and O–H groups in total. The maximum atomic E-state index is 12.1. The van der Waals surface area contributed by atoms with E-state index in [-0.39, 0.29) is 11.3 Å². The van der Waals surface area contributed by atoms with Gasteiger partial charge in [-0.25, -0.2) is 0 Å². The maximum absolute atomic E-state index is 12.1. The first kappa shape index (κ1) is 15.0. The fraction of sp³-hybridized carbons (Fsp3) is 0.294. The number of benzene rings is 1. The van der Waals surface area contributed by atoms with Crippen molar-refractivity contribution in [3.8, 4) is 5.75 Å². The highest BCUT2D eigenvalue weighted by Gasteiger charge is 2.19. The predicted octanol–water partition coefficient (Wildman–Crippen LogP) is 3.64.